The van der Waals surface area contributed by atoms with Crippen LogP contribution in [0.2, 0.25) is 5.02 Å². The number of methoxy groups -OCH3 is 3. The summed E-state index contributed by atoms with van der Waals surface area (Å²) in [5.41, 5.74) is 0.306. The fourth-order valence-corrected chi connectivity index (χ4v) is 4.05. The number of Topliss-reactive ketones (excluding diaryl/α,β-unsaturated/α-hetero) is 1. The molecular weight excluding hydrogens is 450 g/mol. The maximum absolute atomic E-state index is 13.2. The molecule has 2 aromatic carbocycles. The van der Waals surface area contributed by atoms with E-state index in [0.717, 1.165) is 0 Å². The van der Waals surface area contributed by atoms with Gasteiger partial charge < -0.3 is 23.7 Å². The Morgan fingerprint density at radius 3 is 2.30 bits per heavy atom. The van der Waals surface area contributed by atoms with Crippen LogP contribution in [0.5, 0.6) is 17.2 Å². The quantitative estimate of drug-likeness (QED) is 0.320. The molecule has 1 atom stereocenters. The second-order valence-electron chi connectivity index (χ2n) is 7.04. The SMILES string of the molecule is COc1cc(/C(O)=C2\C(=O)C(=O)N(c3ccccc3OC)C2c2ccco2)c(OC)cc1Cl. The predicted molar refractivity (Wildman–Crippen MR) is 121 cm³/mol. The van der Waals surface area contributed by atoms with Crippen LogP contribution in [-0.2, 0) is 9.59 Å². The van der Waals surface area contributed by atoms with Crippen LogP contribution < -0.4 is 19.1 Å². The van der Waals surface area contributed by atoms with Gasteiger partial charge in [-0.3, -0.25) is 14.5 Å². The van der Waals surface area contributed by atoms with Gasteiger partial charge >= 0.3 is 0 Å². The lowest BCUT2D eigenvalue weighted by Crippen LogP contribution is -2.29. The number of ether oxygens (including phenoxy) is 3. The average molecular weight is 470 g/mol. The van der Waals surface area contributed by atoms with Gasteiger partial charge in [0.15, 0.2) is 0 Å². The molecule has 1 saturated heterocycles. The van der Waals surface area contributed by atoms with Crippen molar-refractivity contribution in [2.24, 2.45) is 0 Å². The first-order valence-corrected chi connectivity index (χ1v) is 10.2. The summed E-state index contributed by atoms with van der Waals surface area (Å²) in [6.07, 6.45) is 1.42. The van der Waals surface area contributed by atoms with E-state index in [4.69, 9.17) is 30.2 Å². The number of anilines is 1. The highest BCUT2D eigenvalue weighted by Gasteiger charge is 2.49. The third-order valence-corrected chi connectivity index (χ3v) is 5.63. The zero-order valence-corrected chi connectivity index (χ0v) is 18.8. The van der Waals surface area contributed by atoms with Gasteiger partial charge in [-0.1, -0.05) is 23.7 Å². The molecule has 1 amide bonds. The standard InChI is InChI=1S/C24H20ClNO7/c1-30-16-8-5-4-7-15(16)26-21(17-9-6-10-33-17)20(23(28)24(26)29)22(27)13-11-19(32-3)14(25)12-18(13)31-2/h4-12,21,27H,1-3H3/b22-20+. The van der Waals surface area contributed by atoms with Gasteiger partial charge in [-0.25, -0.2) is 0 Å². The number of para-hydroxylation sites is 2. The number of nitrogens with zero attached hydrogens (tertiary/aromatic N) is 1. The summed E-state index contributed by atoms with van der Waals surface area (Å²) < 4.78 is 21.6. The number of hydrogen-bond donors (Lipinski definition) is 1. The Hall–Kier alpha value is -3.91. The molecule has 0 saturated carbocycles. The van der Waals surface area contributed by atoms with E-state index < -0.39 is 23.5 Å². The number of aliphatic hydroxyl groups is 1. The molecule has 0 spiro atoms. The summed E-state index contributed by atoms with van der Waals surface area (Å²) in [4.78, 5) is 27.7. The summed E-state index contributed by atoms with van der Waals surface area (Å²) in [6.45, 7) is 0. The number of amides is 1. The second-order valence-corrected chi connectivity index (χ2v) is 7.45. The van der Waals surface area contributed by atoms with Crippen molar-refractivity contribution in [1.82, 2.24) is 0 Å². The first-order chi connectivity index (χ1) is 15.9. The summed E-state index contributed by atoms with van der Waals surface area (Å²) in [7, 11) is 4.27. The van der Waals surface area contributed by atoms with Crippen LogP contribution in [0.25, 0.3) is 5.76 Å². The van der Waals surface area contributed by atoms with E-state index in [0.29, 0.717) is 11.4 Å². The maximum Gasteiger partial charge on any atom is 0.300 e. The molecule has 1 N–H and O–H groups in total. The van der Waals surface area contributed by atoms with Crippen molar-refractivity contribution in [3.63, 3.8) is 0 Å². The topological polar surface area (TPSA) is 98.4 Å². The largest absolute Gasteiger partial charge is 0.507 e. The Labute approximate surface area is 194 Å². The van der Waals surface area contributed by atoms with E-state index in [1.165, 1.54) is 44.6 Å². The van der Waals surface area contributed by atoms with Crippen molar-refractivity contribution in [1.29, 1.82) is 0 Å². The van der Waals surface area contributed by atoms with Crippen LogP contribution in [-0.4, -0.2) is 38.1 Å². The Balaban J connectivity index is 1.99. The molecule has 1 aromatic heterocycles. The fraction of sp³-hybridized carbons (Fsp3) is 0.167. The average Bonchev–Trinajstić information content (AvgIpc) is 3.45. The van der Waals surface area contributed by atoms with Crippen molar-refractivity contribution >= 4 is 34.7 Å². The zero-order chi connectivity index (χ0) is 23.7. The van der Waals surface area contributed by atoms with E-state index in [2.05, 4.69) is 0 Å². The molecule has 1 unspecified atom stereocenters. The molecule has 9 heteroatoms. The Kier molecular flexibility index (Phi) is 6.02. The van der Waals surface area contributed by atoms with Crippen LogP contribution >= 0.6 is 11.6 Å². The van der Waals surface area contributed by atoms with Crippen molar-refractivity contribution in [3.05, 3.63) is 76.7 Å². The number of benzene rings is 2. The number of halogens is 1. The smallest absolute Gasteiger partial charge is 0.300 e. The summed E-state index contributed by atoms with van der Waals surface area (Å²) in [5.74, 6) is -1.09. The van der Waals surface area contributed by atoms with E-state index in [1.54, 1.807) is 36.4 Å². The minimum Gasteiger partial charge on any atom is -0.507 e. The number of carbonyl (C=O) groups is 2. The number of ketones is 1. The fourth-order valence-electron chi connectivity index (χ4n) is 3.82. The van der Waals surface area contributed by atoms with Gasteiger partial charge in [0, 0.05) is 6.07 Å². The molecule has 3 aromatic rings. The van der Waals surface area contributed by atoms with Crippen LogP contribution in [0, 0.1) is 0 Å². The molecule has 0 radical (unpaired) electrons. The van der Waals surface area contributed by atoms with Crippen LogP contribution in [0.4, 0.5) is 5.69 Å². The summed E-state index contributed by atoms with van der Waals surface area (Å²) in [6, 6.07) is 11.8. The van der Waals surface area contributed by atoms with E-state index in [9.17, 15) is 14.7 Å². The predicted octanol–water partition coefficient (Wildman–Crippen LogP) is 4.59. The summed E-state index contributed by atoms with van der Waals surface area (Å²) >= 11 is 6.18. The van der Waals surface area contributed by atoms with Crippen molar-refractivity contribution in [3.8, 4) is 17.2 Å². The number of carbonyl (C=O) groups excluding carboxylic acids is 2. The normalized spacial score (nSPS) is 17.3. The van der Waals surface area contributed by atoms with Gasteiger partial charge in [0.2, 0.25) is 0 Å². The highest BCUT2D eigenvalue weighted by atomic mass is 35.5. The van der Waals surface area contributed by atoms with Gasteiger partial charge in [0.05, 0.1) is 49.4 Å². The van der Waals surface area contributed by atoms with Gasteiger partial charge in [-0.2, -0.15) is 0 Å². The molecular formula is C24H20ClNO7. The molecule has 2 heterocycles. The number of rotatable bonds is 6. The first-order valence-electron chi connectivity index (χ1n) is 9.82. The van der Waals surface area contributed by atoms with Gasteiger partial charge in [-0.15, -0.1) is 0 Å². The van der Waals surface area contributed by atoms with Gasteiger partial charge in [0.1, 0.15) is 34.8 Å². The number of furan rings is 1. The Morgan fingerprint density at radius 2 is 1.67 bits per heavy atom. The van der Waals surface area contributed by atoms with Crippen LogP contribution in [0.15, 0.2) is 64.8 Å². The lowest BCUT2D eigenvalue weighted by atomic mass is 9.98. The first kappa shape index (κ1) is 22.3. The van der Waals surface area contributed by atoms with E-state index in [1.807, 2.05) is 0 Å². The number of aliphatic hydroxyl groups excluding tert-OH is 1. The molecule has 4 rings (SSSR count). The zero-order valence-electron chi connectivity index (χ0n) is 18.0. The molecule has 1 fully saturated rings. The third-order valence-electron chi connectivity index (χ3n) is 5.33. The van der Waals surface area contributed by atoms with Crippen molar-refractivity contribution < 1.29 is 33.3 Å². The van der Waals surface area contributed by atoms with Crippen molar-refractivity contribution in [2.75, 3.05) is 26.2 Å². The van der Waals surface area contributed by atoms with E-state index in [-0.39, 0.29) is 33.4 Å². The van der Waals surface area contributed by atoms with E-state index >= 15 is 0 Å². The molecule has 0 bridgehead atoms. The Morgan fingerprint density at radius 1 is 0.970 bits per heavy atom. The molecule has 1 aliphatic heterocycles. The third kappa shape index (κ3) is 3.68. The van der Waals surface area contributed by atoms with Crippen LogP contribution in [0.1, 0.15) is 17.4 Å². The van der Waals surface area contributed by atoms with Gasteiger partial charge in [0.25, 0.3) is 11.7 Å². The maximum atomic E-state index is 13.2. The lowest BCUT2D eigenvalue weighted by Gasteiger charge is -2.25. The van der Waals surface area contributed by atoms with Gasteiger partial charge in [-0.05, 0) is 30.3 Å². The molecule has 0 aliphatic carbocycles. The second kappa shape index (κ2) is 8.91. The lowest BCUT2D eigenvalue weighted by molar-refractivity contribution is -0.132. The monoisotopic (exact) mass is 469 g/mol. The highest BCUT2D eigenvalue weighted by molar-refractivity contribution is 6.52. The van der Waals surface area contributed by atoms with Crippen LogP contribution in [0.3, 0.4) is 0 Å². The minimum absolute atomic E-state index is 0.133. The highest BCUT2D eigenvalue weighted by Crippen LogP contribution is 2.46. The molecule has 1 aliphatic rings. The van der Waals surface area contributed by atoms with Crippen molar-refractivity contribution in [2.45, 2.75) is 6.04 Å². The number of hydrogen-bond acceptors (Lipinski definition) is 7. The molecule has 33 heavy (non-hydrogen) atoms. The summed E-state index contributed by atoms with van der Waals surface area (Å²) in [5, 5.41) is 11.6. The Bertz CT molecular complexity index is 1250. The minimum atomic E-state index is -1.05. The molecule has 170 valence electrons. The molecule has 8 nitrogen and oxygen atoms in total.